The smallest absolute Gasteiger partial charge is 0.325 e. The molecule has 1 aromatic carbocycles. The van der Waals surface area contributed by atoms with Crippen LogP contribution < -0.4 is 15.2 Å². The molecule has 0 unspecified atom stereocenters. The Bertz CT molecular complexity index is 512. The summed E-state index contributed by atoms with van der Waals surface area (Å²) in [6, 6.07) is 9.01. The number of benzene rings is 1. The van der Waals surface area contributed by atoms with Crippen LogP contribution in [0.4, 0.5) is 5.69 Å². The Hall–Kier alpha value is -2.30. The fourth-order valence-corrected chi connectivity index (χ4v) is 1.30. The first-order valence-corrected chi connectivity index (χ1v) is 5.10. The van der Waals surface area contributed by atoms with Crippen LogP contribution in [-0.2, 0) is 0 Å². The molecule has 0 saturated heterocycles. The highest BCUT2D eigenvalue weighted by molar-refractivity contribution is 5.42. The van der Waals surface area contributed by atoms with Gasteiger partial charge in [-0.15, -0.1) is 0 Å². The quantitative estimate of drug-likeness (QED) is 0.820. The number of ether oxygens (including phenoxy) is 2. The third kappa shape index (κ3) is 2.84. The molecule has 5 nitrogen and oxygen atoms in total. The summed E-state index contributed by atoms with van der Waals surface area (Å²) in [5.41, 5.74) is 7.04. The third-order valence-electron chi connectivity index (χ3n) is 2.11. The lowest BCUT2D eigenvalue weighted by atomic mass is 10.3. The van der Waals surface area contributed by atoms with Gasteiger partial charge in [-0.05, 0) is 31.2 Å². The van der Waals surface area contributed by atoms with E-state index in [-0.39, 0.29) is 6.01 Å². The number of aromatic nitrogens is 2. The molecule has 2 N–H and O–H groups in total. The fraction of sp³-hybridized carbons (Fsp3) is 0.167. The first-order valence-electron chi connectivity index (χ1n) is 5.10. The van der Waals surface area contributed by atoms with Crippen LogP contribution in [0.5, 0.6) is 17.6 Å². The van der Waals surface area contributed by atoms with Gasteiger partial charge in [0.15, 0.2) is 0 Å². The molecule has 2 rings (SSSR count). The van der Waals surface area contributed by atoms with E-state index in [1.165, 1.54) is 0 Å². The van der Waals surface area contributed by atoms with E-state index < -0.39 is 0 Å². The Balaban J connectivity index is 2.23. The highest BCUT2D eigenvalue weighted by atomic mass is 16.5. The van der Waals surface area contributed by atoms with Crippen molar-refractivity contribution in [2.45, 2.75) is 6.92 Å². The molecule has 88 valence electrons. The molecule has 0 bridgehead atoms. The van der Waals surface area contributed by atoms with Crippen molar-refractivity contribution in [3.05, 3.63) is 36.0 Å². The number of methoxy groups -OCH3 is 1. The van der Waals surface area contributed by atoms with Gasteiger partial charge in [-0.2, -0.15) is 9.97 Å². The van der Waals surface area contributed by atoms with E-state index in [1.807, 2.05) is 6.92 Å². The number of nitrogens with two attached hydrogens (primary N) is 1. The van der Waals surface area contributed by atoms with Crippen molar-refractivity contribution in [3.63, 3.8) is 0 Å². The van der Waals surface area contributed by atoms with Gasteiger partial charge in [0.2, 0.25) is 5.88 Å². The minimum Gasteiger partial charge on any atom is -0.481 e. The predicted octanol–water partition coefficient (Wildman–Crippen LogP) is 2.17. The Kier molecular flexibility index (Phi) is 3.09. The molecule has 5 heteroatoms. The average molecular weight is 231 g/mol. The van der Waals surface area contributed by atoms with Crippen LogP contribution in [0.25, 0.3) is 0 Å². The summed E-state index contributed by atoms with van der Waals surface area (Å²) in [5.74, 6) is 1.11. The molecule has 0 amide bonds. The van der Waals surface area contributed by atoms with Crippen molar-refractivity contribution in [1.29, 1.82) is 0 Å². The van der Waals surface area contributed by atoms with E-state index in [4.69, 9.17) is 15.2 Å². The Morgan fingerprint density at radius 1 is 1.12 bits per heavy atom. The summed E-state index contributed by atoms with van der Waals surface area (Å²) in [6.07, 6.45) is 0. The molecule has 0 aliphatic heterocycles. The first kappa shape index (κ1) is 11.2. The van der Waals surface area contributed by atoms with E-state index >= 15 is 0 Å². The van der Waals surface area contributed by atoms with Crippen LogP contribution in [-0.4, -0.2) is 17.1 Å². The zero-order chi connectivity index (χ0) is 12.3. The normalized spacial score (nSPS) is 10.0. The van der Waals surface area contributed by atoms with E-state index in [9.17, 15) is 0 Å². The van der Waals surface area contributed by atoms with Crippen molar-refractivity contribution in [3.8, 4) is 17.6 Å². The molecule has 2 aromatic rings. The van der Waals surface area contributed by atoms with Crippen molar-refractivity contribution < 1.29 is 9.47 Å². The van der Waals surface area contributed by atoms with Crippen molar-refractivity contribution in [1.82, 2.24) is 9.97 Å². The van der Waals surface area contributed by atoms with Crippen molar-refractivity contribution in [2.75, 3.05) is 12.8 Å². The number of anilines is 1. The monoisotopic (exact) mass is 231 g/mol. The molecule has 1 aromatic heterocycles. The van der Waals surface area contributed by atoms with Gasteiger partial charge in [0.1, 0.15) is 5.75 Å². The number of hydrogen-bond acceptors (Lipinski definition) is 5. The Morgan fingerprint density at radius 2 is 1.82 bits per heavy atom. The first-order chi connectivity index (χ1) is 8.17. The lowest BCUT2D eigenvalue weighted by Gasteiger charge is -2.06. The van der Waals surface area contributed by atoms with Gasteiger partial charge in [-0.25, -0.2) is 0 Å². The molecule has 0 fully saturated rings. The standard InChI is InChI=1S/C12H13N3O2/c1-8-7-11(16-2)15-12(14-8)17-10-5-3-9(13)4-6-10/h3-7H,13H2,1-2H3. The molecule has 17 heavy (non-hydrogen) atoms. The lowest BCUT2D eigenvalue weighted by Crippen LogP contribution is -1.97. The van der Waals surface area contributed by atoms with Crippen LogP contribution in [0.2, 0.25) is 0 Å². The molecule has 0 atom stereocenters. The van der Waals surface area contributed by atoms with Gasteiger partial charge >= 0.3 is 6.01 Å². The maximum atomic E-state index is 5.58. The van der Waals surface area contributed by atoms with Crippen LogP contribution in [0.15, 0.2) is 30.3 Å². The highest BCUT2D eigenvalue weighted by Gasteiger charge is 2.04. The van der Waals surface area contributed by atoms with Crippen molar-refractivity contribution in [2.24, 2.45) is 0 Å². The van der Waals surface area contributed by atoms with Gasteiger partial charge < -0.3 is 15.2 Å². The van der Waals surface area contributed by atoms with Gasteiger partial charge in [0.05, 0.1) is 7.11 Å². The molecule has 0 radical (unpaired) electrons. The Labute approximate surface area is 99.2 Å². The molecular formula is C12H13N3O2. The molecule has 1 heterocycles. The van der Waals surface area contributed by atoms with Crippen LogP contribution in [0.1, 0.15) is 5.69 Å². The van der Waals surface area contributed by atoms with Crippen LogP contribution in [0.3, 0.4) is 0 Å². The number of aryl methyl sites for hydroxylation is 1. The predicted molar refractivity (Wildman–Crippen MR) is 64.2 cm³/mol. The molecule has 0 spiro atoms. The molecule has 0 aliphatic carbocycles. The summed E-state index contributed by atoms with van der Waals surface area (Å²) in [5, 5.41) is 0. The SMILES string of the molecule is COc1cc(C)nc(Oc2ccc(N)cc2)n1. The maximum absolute atomic E-state index is 5.58. The van der Waals surface area contributed by atoms with Crippen LogP contribution >= 0.6 is 0 Å². The largest absolute Gasteiger partial charge is 0.481 e. The minimum atomic E-state index is 0.256. The zero-order valence-electron chi connectivity index (χ0n) is 9.68. The second-order valence-electron chi connectivity index (χ2n) is 3.51. The molecule has 0 aliphatic rings. The minimum absolute atomic E-state index is 0.256. The summed E-state index contributed by atoms with van der Waals surface area (Å²) >= 11 is 0. The average Bonchev–Trinajstić information content (AvgIpc) is 2.31. The van der Waals surface area contributed by atoms with Gasteiger partial charge in [-0.1, -0.05) is 0 Å². The summed E-state index contributed by atoms with van der Waals surface area (Å²) < 4.78 is 10.5. The third-order valence-corrected chi connectivity index (χ3v) is 2.11. The lowest BCUT2D eigenvalue weighted by molar-refractivity contribution is 0.375. The summed E-state index contributed by atoms with van der Waals surface area (Å²) in [7, 11) is 1.55. The second-order valence-corrected chi connectivity index (χ2v) is 3.51. The molecule has 0 saturated carbocycles. The van der Waals surface area contributed by atoms with E-state index in [0.29, 0.717) is 17.3 Å². The van der Waals surface area contributed by atoms with Crippen LogP contribution in [0, 0.1) is 6.92 Å². The topological polar surface area (TPSA) is 70.3 Å². The number of rotatable bonds is 3. The molecular weight excluding hydrogens is 218 g/mol. The fourth-order valence-electron chi connectivity index (χ4n) is 1.30. The van der Waals surface area contributed by atoms with E-state index in [2.05, 4.69) is 9.97 Å². The summed E-state index contributed by atoms with van der Waals surface area (Å²) in [4.78, 5) is 8.24. The zero-order valence-corrected chi connectivity index (χ0v) is 9.68. The number of hydrogen-bond donors (Lipinski definition) is 1. The maximum Gasteiger partial charge on any atom is 0.325 e. The van der Waals surface area contributed by atoms with E-state index in [0.717, 1.165) is 5.69 Å². The van der Waals surface area contributed by atoms with Gasteiger partial charge in [0, 0.05) is 17.4 Å². The highest BCUT2D eigenvalue weighted by Crippen LogP contribution is 2.21. The van der Waals surface area contributed by atoms with Gasteiger partial charge in [-0.3, -0.25) is 0 Å². The number of nitrogen functional groups attached to an aromatic ring is 1. The second kappa shape index (κ2) is 4.69. The Morgan fingerprint density at radius 3 is 2.47 bits per heavy atom. The van der Waals surface area contributed by atoms with Crippen molar-refractivity contribution >= 4 is 5.69 Å². The van der Waals surface area contributed by atoms with E-state index in [1.54, 1.807) is 37.4 Å². The number of nitrogens with zero attached hydrogens (tertiary/aromatic N) is 2. The summed E-state index contributed by atoms with van der Waals surface area (Å²) in [6.45, 7) is 1.85. The van der Waals surface area contributed by atoms with Gasteiger partial charge in [0.25, 0.3) is 0 Å².